The minimum Gasteiger partial charge on any atom is -0.316 e. The largest absolute Gasteiger partial charge is 0.316 e. The van der Waals surface area contributed by atoms with E-state index in [9.17, 15) is 4.79 Å². The molecule has 7 nitrogen and oxygen atoms in total. The van der Waals surface area contributed by atoms with Crippen molar-refractivity contribution in [3.05, 3.63) is 28.2 Å². The van der Waals surface area contributed by atoms with E-state index in [0.717, 1.165) is 37.3 Å². The van der Waals surface area contributed by atoms with Gasteiger partial charge < -0.3 is 9.88 Å². The van der Waals surface area contributed by atoms with Crippen LogP contribution in [0.2, 0.25) is 0 Å². The van der Waals surface area contributed by atoms with Crippen LogP contribution in [-0.4, -0.2) is 37.9 Å². The van der Waals surface area contributed by atoms with Gasteiger partial charge in [0.1, 0.15) is 0 Å². The molecule has 0 spiro atoms. The highest BCUT2D eigenvalue weighted by Gasteiger charge is 2.31. The zero-order valence-corrected chi connectivity index (χ0v) is 11.3. The maximum atomic E-state index is 12.4. The van der Waals surface area contributed by atoms with E-state index in [0.29, 0.717) is 17.7 Å². The Kier molecular flexibility index (Phi) is 2.50. The number of aryl methyl sites for hydroxylation is 1. The molecule has 0 saturated carbocycles. The Balaban J connectivity index is 1.88. The Bertz CT molecular complexity index is 718. The molecular weight excluding hydrogens is 256 g/mol. The molecule has 0 aliphatic carbocycles. The summed E-state index contributed by atoms with van der Waals surface area (Å²) in [4.78, 5) is 12.4. The first-order valence-electron chi connectivity index (χ1n) is 6.90. The minimum absolute atomic E-state index is 0.0529. The third-order valence-electron chi connectivity index (χ3n) is 4.34. The number of hydrogen-bond acceptors (Lipinski definition) is 5. The van der Waals surface area contributed by atoms with Crippen LogP contribution in [0.5, 0.6) is 0 Å². The zero-order chi connectivity index (χ0) is 13.7. The molecule has 4 rings (SSSR count). The van der Waals surface area contributed by atoms with Crippen LogP contribution >= 0.6 is 0 Å². The number of piperidine rings is 1. The predicted octanol–water partition coefficient (Wildman–Crippen LogP) is -0.255. The van der Waals surface area contributed by atoms with Crippen molar-refractivity contribution in [2.45, 2.75) is 18.9 Å². The summed E-state index contributed by atoms with van der Waals surface area (Å²) in [7, 11) is 1.78. The molecule has 0 radical (unpaired) electrons. The standard InChI is InChI=1S/C13H16N6O/c1-18-13(15-16-17-18)9-3-11-10-2-8(5-14-6-10)7-19(11)12(20)4-9/h3-4,8,10,14H,2,5-7H2,1H3/t8-,10+/m0/s1. The average Bonchev–Trinajstić information content (AvgIpc) is 2.86. The third kappa shape index (κ3) is 1.70. The second-order valence-corrected chi connectivity index (χ2v) is 5.70. The van der Waals surface area contributed by atoms with Gasteiger partial charge in [0.15, 0.2) is 5.82 Å². The van der Waals surface area contributed by atoms with Gasteiger partial charge in [-0.25, -0.2) is 4.68 Å². The smallest absolute Gasteiger partial charge is 0.251 e. The van der Waals surface area contributed by atoms with Crippen LogP contribution in [0.25, 0.3) is 11.4 Å². The Morgan fingerprint density at radius 1 is 1.35 bits per heavy atom. The van der Waals surface area contributed by atoms with Crippen LogP contribution in [0.4, 0.5) is 0 Å². The summed E-state index contributed by atoms with van der Waals surface area (Å²) in [5.74, 6) is 1.62. The van der Waals surface area contributed by atoms with Gasteiger partial charge in [-0.2, -0.15) is 0 Å². The van der Waals surface area contributed by atoms with Crippen LogP contribution in [0, 0.1) is 5.92 Å². The van der Waals surface area contributed by atoms with Crippen LogP contribution in [0.3, 0.4) is 0 Å². The zero-order valence-electron chi connectivity index (χ0n) is 11.3. The highest BCUT2D eigenvalue weighted by molar-refractivity contribution is 5.55. The maximum Gasteiger partial charge on any atom is 0.251 e. The van der Waals surface area contributed by atoms with Gasteiger partial charge in [0, 0.05) is 43.4 Å². The van der Waals surface area contributed by atoms with E-state index >= 15 is 0 Å². The molecule has 0 amide bonds. The number of nitrogens with one attached hydrogen (secondary N) is 1. The minimum atomic E-state index is 0.0529. The van der Waals surface area contributed by atoms with Gasteiger partial charge in [0.2, 0.25) is 0 Å². The number of pyridine rings is 1. The second-order valence-electron chi connectivity index (χ2n) is 5.70. The van der Waals surface area contributed by atoms with Crippen molar-refractivity contribution in [3.63, 3.8) is 0 Å². The lowest BCUT2D eigenvalue weighted by Gasteiger charge is -2.37. The maximum absolute atomic E-state index is 12.4. The molecule has 0 unspecified atom stereocenters. The van der Waals surface area contributed by atoms with E-state index in [1.54, 1.807) is 17.8 Å². The highest BCUT2D eigenvalue weighted by Crippen LogP contribution is 2.33. The Hall–Kier alpha value is -2.02. The van der Waals surface area contributed by atoms with E-state index in [2.05, 4.69) is 26.9 Å². The summed E-state index contributed by atoms with van der Waals surface area (Å²) in [6.07, 6.45) is 1.16. The number of tetrazole rings is 1. The van der Waals surface area contributed by atoms with E-state index in [1.807, 2.05) is 4.57 Å². The molecule has 20 heavy (non-hydrogen) atoms. The normalized spacial score (nSPS) is 24.4. The van der Waals surface area contributed by atoms with E-state index in [1.165, 1.54) is 0 Å². The van der Waals surface area contributed by atoms with Crippen LogP contribution in [0.1, 0.15) is 18.0 Å². The first-order valence-corrected chi connectivity index (χ1v) is 6.90. The molecule has 2 aliphatic rings. The molecule has 4 heterocycles. The number of rotatable bonds is 1. The first-order chi connectivity index (χ1) is 9.72. The molecule has 2 aliphatic heterocycles. The molecule has 1 N–H and O–H groups in total. The summed E-state index contributed by atoms with van der Waals surface area (Å²) < 4.78 is 3.52. The monoisotopic (exact) mass is 272 g/mol. The lowest BCUT2D eigenvalue weighted by atomic mass is 9.84. The van der Waals surface area contributed by atoms with Gasteiger partial charge >= 0.3 is 0 Å². The van der Waals surface area contributed by atoms with Crippen LogP contribution < -0.4 is 10.9 Å². The Morgan fingerprint density at radius 2 is 2.25 bits per heavy atom. The van der Waals surface area contributed by atoms with Gasteiger partial charge in [-0.1, -0.05) is 0 Å². The summed E-state index contributed by atoms with van der Waals surface area (Å²) in [5, 5.41) is 14.9. The topological polar surface area (TPSA) is 77.6 Å². The average molecular weight is 272 g/mol. The van der Waals surface area contributed by atoms with Gasteiger partial charge in [0.05, 0.1) is 0 Å². The quantitative estimate of drug-likeness (QED) is 0.774. The molecule has 0 aromatic carbocycles. The van der Waals surface area contributed by atoms with E-state index in [4.69, 9.17) is 0 Å². The molecule has 2 aromatic heterocycles. The van der Waals surface area contributed by atoms with Gasteiger partial charge in [0.25, 0.3) is 5.56 Å². The van der Waals surface area contributed by atoms with Crippen molar-refractivity contribution in [1.82, 2.24) is 30.1 Å². The molecule has 1 saturated heterocycles. The number of fused-ring (bicyclic) bond motifs is 4. The lowest BCUT2D eigenvalue weighted by Crippen LogP contribution is -2.44. The summed E-state index contributed by atoms with van der Waals surface area (Å²) in [6.45, 7) is 2.77. The molecule has 2 atom stereocenters. The summed E-state index contributed by atoms with van der Waals surface area (Å²) >= 11 is 0. The lowest BCUT2D eigenvalue weighted by molar-refractivity contribution is 0.257. The predicted molar refractivity (Wildman–Crippen MR) is 72.2 cm³/mol. The summed E-state index contributed by atoms with van der Waals surface area (Å²) in [6, 6.07) is 3.71. The van der Waals surface area contributed by atoms with Crippen molar-refractivity contribution in [2.24, 2.45) is 13.0 Å². The van der Waals surface area contributed by atoms with Crippen LogP contribution in [0.15, 0.2) is 16.9 Å². The fourth-order valence-electron chi connectivity index (χ4n) is 3.41. The third-order valence-corrected chi connectivity index (χ3v) is 4.34. The van der Waals surface area contributed by atoms with Crippen LogP contribution in [-0.2, 0) is 13.6 Å². The molecule has 2 bridgehead atoms. The fourth-order valence-corrected chi connectivity index (χ4v) is 3.41. The van der Waals surface area contributed by atoms with Gasteiger partial charge in [-0.05, 0) is 35.4 Å². The number of nitrogens with zero attached hydrogens (tertiary/aromatic N) is 5. The van der Waals surface area contributed by atoms with Crippen molar-refractivity contribution in [2.75, 3.05) is 13.1 Å². The second kappa shape index (κ2) is 4.24. The molecule has 2 aromatic rings. The number of aromatic nitrogens is 5. The molecule has 1 fully saturated rings. The molecular formula is C13H16N6O. The van der Waals surface area contributed by atoms with Gasteiger partial charge in [-0.3, -0.25) is 4.79 Å². The first kappa shape index (κ1) is 11.8. The molecule has 104 valence electrons. The van der Waals surface area contributed by atoms with Crippen molar-refractivity contribution >= 4 is 0 Å². The van der Waals surface area contributed by atoms with Crippen molar-refractivity contribution < 1.29 is 0 Å². The summed E-state index contributed by atoms with van der Waals surface area (Å²) in [5.41, 5.74) is 1.97. The van der Waals surface area contributed by atoms with Crippen molar-refractivity contribution in [3.8, 4) is 11.4 Å². The van der Waals surface area contributed by atoms with E-state index < -0.39 is 0 Å². The number of hydrogen-bond donors (Lipinski definition) is 1. The van der Waals surface area contributed by atoms with E-state index in [-0.39, 0.29) is 5.56 Å². The van der Waals surface area contributed by atoms with Gasteiger partial charge in [-0.15, -0.1) is 5.10 Å². The Morgan fingerprint density at radius 3 is 3.05 bits per heavy atom. The highest BCUT2D eigenvalue weighted by atomic mass is 16.1. The SMILES string of the molecule is Cn1nnnc1-c1cc2n(c(=O)c1)C[C@@H]1CNC[C@H]2C1. The molecule has 7 heteroatoms. The Labute approximate surface area is 115 Å². The fraction of sp³-hybridized carbons (Fsp3) is 0.538. The van der Waals surface area contributed by atoms with Crippen molar-refractivity contribution in [1.29, 1.82) is 0 Å².